The first-order valence-corrected chi connectivity index (χ1v) is 11.0. The third kappa shape index (κ3) is 3.14. The average Bonchev–Trinajstić information content (AvgIpc) is 3.34. The van der Waals surface area contributed by atoms with E-state index in [0.717, 1.165) is 35.3 Å². The fraction of sp³-hybridized carbons (Fsp3) is 0.235. The summed E-state index contributed by atoms with van der Waals surface area (Å²) >= 11 is 4.80. The Morgan fingerprint density at radius 3 is 2.48 bits per heavy atom. The number of oxazole rings is 1. The minimum Gasteiger partial charge on any atom is -0.418 e. The van der Waals surface area contributed by atoms with Crippen LogP contribution in [0.2, 0.25) is 0 Å². The van der Waals surface area contributed by atoms with Gasteiger partial charge in [-0.3, -0.25) is 0 Å². The zero-order chi connectivity index (χ0) is 17.4. The molecule has 8 heteroatoms. The number of anilines is 1. The van der Waals surface area contributed by atoms with Crippen molar-refractivity contribution in [3.05, 3.63) is 46.3 Å². The predicted molar refractivity (Wildman–Crippen MR) is 101 cm³/mol. The smallest absolute Gasteiger partial charge is 0.240 e. The van der Waals surface area contributed by atoms with Gasteiger partial charge in [0.05, 0.1) is 9.77 Å². The van der Waals surface area contributed by atoms with Crippen LogP contribution in [0.4, 0.5) is 5.88 Å². The number of sulfone groups is 1. The molecule has 1 fully saturated rings. The number of aromatic nitrogens is 1. The van der Waals surface area contributed by atoms with E-state index >= 15 is 0 Å². The molecule has 1 aliphatic heterocycles. The summed E-state index contributed by atoms with van der Waals surface area (Å²) in [5.41, 5.74) is 0. The Morgan fingerprint density at radius 2 is 1.84 bits per heavy atom. The van der Waals surface area contributed by atoms with Crippen molar-refractivity contribution in [1.82, 2.24) is 4.98 Å². The van der Waals surface area contributed by atoms with E-state index in [9.17, 15) is 8.42 Å². The molecule has 3 heterocycles. The molecule has 0 aliphatic carbocycles. The Bertz CT molecular complexity index is 974. The lowest BCUT2D eigenvalue weighted by molar-refractivity contribution is 0.557. The zero-order valence-corrected chi connectivity index (χ0v) is 16.4. The van der Waals surface area contributed by atoms with Gasteiger partial charge in [-0.25, -0.2) is 8.42 Å². The van der Waals surface area contributed by atoms with Gasteiger partial charge in [-0.1, -0.05) is 22.0 Å². The summed E-state index contributed by atoms with van der Waals surface area (Å²) in [5, 5.41) is 1.91. The molecule has 0 amide bonds. The van der Waals surface area contributed by atoms with E-state index in [4.69, 9.17) is 4.42 Å². The molecule has 1 saturated heterocycles. The third-order valence-corrected chi connectivity index (χ3v) is 7.14. The minimum atomic E-state index is -3.76. The molecular weight excluding hydrogens is 424 g/mol. The number of benzene rings is 1. The molecule has 130 valence electrons. The van der Waals surface area contributed by atoms with Crippen LogP contribution < -0.4 is 4.90 Å². The minimum absolute atomic E-state index is 0.000113. The van der Waals surface area contributed by atoms with Crippen molar-refractivity contribution >= 4 is 43.0 Å². The van der Waals surface area contributed by atoms with Gasteiger partial charge in [-0.2, -0.15) is 4.98 Å². The van der Waals surface area contributed by atoms with Crippen LogP contribution in [-0.4, -0.2) is 26.5 Å². The molecule has 25 heavy (non-hydrogen) atoms. The lowest BCUT2D eigenvalue weighted by atomic mass is 10.4. The van der Waals surface area contributed by atoms with E-state index in [0.29, 0.717) is 11.8 Å². The number of halogens is 1. The molecule has 0 unspecified atom stereocenters. The second kappa shape index (κ2) is 6.59. The van der Waals surface area contributed by atoms with Gasteiger partial charge in [0.2, 0.25) is 26.6 Å². The largest absolute Gasteiger partial charge is 0.418 e. The topological polar surface area (TPSA) is 63.4 Å². The molecule has 0 atom stereocenters. The first-order chi connectivity index (χ1) is 12.1. The van der Waals surface area contributed by atoms with Crippen molar-refractivity contribution in [2.45, 2.75) is 22.8 Å². The van der Waals surface area contributed by atoms with Gasteiger partial charge in [-0.05, 0) is 48.6 Å². The molecule has 0 bridgehead atoms. The maximum Gasteiger partial charge on any atom is 0.240 e. The fourth-order valence-corrected chi connectivity index (χ4v) is 5.06. The Kier molecular flexibility index (Phi) is 4.43. The maximum absolute atomic E-state index is 13.1. The normalized spacial score (nSPS) is 15.0. The Morgan fingerprint density at radius 1 is 1.12 bits per heavy atom. The SMILES string of the molecule is O=S(=O)(c1ccc(Br)cc1)c1nc(-c2cccs2)oc1N1CCCC1. The highest BCUT2D eigenvalue weighted by atomic mass is 79.9. The van der Waals surface area contributed by atoms with Crippen LogP contribution in [0, 0.1) is 0 Å². The molecule has 0 spiro atoms. The number of hydrogen-bond donors (Lipinski definition) is 0. The van der Waals surface area contributed by atoms with Crippen LogP contribution in [0.3, 0.4) is 0 Å². The van der Waals surface area contributed by atoms with E-state index in [2.05, 4.69) is 20.9 Å². The fourth-order valence-electron chi connectivity index (χ4n) is 2.82. The molecule has 0 N–H and O–H groups in total. The highest BCUT2D eigenvalue weighted by Gasteiger charge is 2.32. The quantitative estimate of drug-likeness (QED) is 0.595. The lowest BCUT2D eigenvalue weighted by Gasteiger charge is -2.14. The van der Waals surface area contributed by atoms with Gasteiger partial charge in [0.15, 0.2) is 0 Å². The van der Waals surface area contributed by atoms with Crippen molar-refractivity contribution < 1.29 is 12.8 Å². The highest BCUT2D eigenvalue weighted by Crippen LogP contribution is 2.37. The summed E-state index contributed by atoms with van der Waals surface area (Å²) in [7, 11) is -3.76. The Balaban J connectivity index is 1.85. The van der Waals surface area contributed by atoms with Crippen LogP contribution in [0.5, 0.6) is 0 Å². The van der Waals surface area contributed by atoms with Crippen LogP contribution in [-0.2, 0) is 9.84 Å². The highest BCUT2D eigenvalue weighted by molar-refractivity contribution is 9.10. The molecule has 3 aromatic rings. The first kappa shape index (κ1) is 16.8. The maximum atomic E-state index is 13.1. The molecule has 0 saturated carbocycles. The number of hydrogen-bond acceptors (Lipinski definition) is 6. The second-order valence-electron chi connectivity index (χ2n) is 5.76. The molecule has 2 aromatic heterocycles. The standard InChI is InChI=1S/C17H15BrN2O3S2/c18-12-5-7-13(8-6-12)25(21,22)16-17(20-9-1-2-10-20)23-15(19-16)14-4-3-11-24-14/h3-8,11H,1-2,9-10H2. The molecule has 0 radical (unpaired) electrons. The van der Waals surface area contributed by atoms with Crippen LogP contribution in [0.25, 0.3) is 10.8 Å². The summed E-state index contributed by atoms with van der Waals surface area (Å²) in [6.07, 6.45) is 2.04. The van der Waals surface area contributed by atoms with Crippen LogP contribution >= 0.6 is 27.3 Å². The van der Waals surface area contributed by atoms with Crippen molar-refractivity contribution in [3.63, 3.8) is 0 Å². The molecule has 1 aromatic carbocycles. The van der Waals surface area contributed by atoms with Crippen molar-refractivity contribution in [2.75, 3.05) is 18.0 Å². The summed E-state index contributed by atoms with van der Waals surface area (Å²) in [6, 6.07) is 10.3. The Labute approximate surface area is 158 Å². The van der Waals surface area contributed by atoms with E-state index in [1.165, 1.54) is 11.3 Å². The van der Waals surface area contributed by atoms with E-state index < -0.39 is 9.84 Å². The summed E-state index contributed by atoms with van der Waals surface area (Å²) in [4.78, 5) is 7.37. The lowest BCUT2D eigenvalue weighted by Crippen LogP contribution is -2.19. The molecule has 5 nitrogen and oxygen atoms in total. The number of thiophene rings is 1. The summed E-state index contributed by atoms with van der Waals surface area (Å²) in [6.45, 7) is 1.56. The summed E-state index contributed by atoms with van der Waals surface area (Å²) in [5.74, 6) is 0.705. The number of rotatable bonds is 4. The van der Waals surface area contributed by atoms with E-state index in [1.807, 2.05) is 22.4 Å². The molecule has 4 rings (SSSR count). The first-order valence-electron chi connectivity index (χ1n) is 7.86. The third-order valence-electron chi connectivity index (χ3n) is 4.08. The van der Waals surface area contributed by atoms with E-state index in [-0.39, 0.29) is 9.92 Å². The van der Waals surface area contributed by atoms with Gasteiger partial charge in [0, 0.05) is 17.6 Å². The van der Waals surface area contributed by atoms with Gasteiger partial charge < -0.3 is 9.32 Å². The van der Waals surface area contributed by atoms with E-state index in [1.54, 1.807) is 24.3 Å². The van der Waals surface area contributed by atoms with Crippen molar-refractivity contribution in [2.24, 2.45) is 0 Å². The zero-order valence-electron chi connectivity index (χ0n) is 13.2. The summed E-state index contributed by atoms with van der Waals surface area (Å²) < 4.78 is 33.0. The monoisotopic (exact) mass is 438 g/mol. The van der Waals surface area contributed by atoms with Gasteiger partial charge in [-0.15, -0.1) is 11.3 Å². The van der Waals surface area contributed by atoms with Crippen LogP contribution in [0.1, 0.15) is 12.8 Å². The molecular formula is C17H15BrN2O3S2. The van der Waals surface area contributed by atoms with Crippen molar-refractivity contribution in [1.29, 1.82) is 0 Å². The van der Waals surface area contributed by atoms with Gasteiger partial charge in [0.25, 0.3) is 0 Å². The van der Waals surface area contributed by atoms with Gasteiger partial charge >= 0.3 is 0 Å². The van der Waals surface area contributed by atoms with Crippen LogP contribution in [0.15, 0.2) is 60.6 Å². The predicted octanol–water partition coefficient (Wildman–Crippen LogP) is 4.60. The Hall–Kier alpha value is -1.64. The van der Waals surface area contributed by atoms with Gasteiger partial charge in [0.1, 0.15) is 0 Å². The average molecular weight is 439 g/mol. The molecule has 1 aliphatic rings. The number of nitrogens with zero attached hydrogens (tertiary/aromatic N) is 2. The second-order valence-corrected chi connectivity index (χ2v) is 9.49. The van der Waals surface area contributed by atoms with Crippen molar-refractivity contribution in [3.8, 4) is 10.8 Å².